The zero-order chi connectivity index (χ0) is 15.4. The number of rotatable bonds is 2. The first-order chi connectivity index (χ1) is 9.99. The van der Waals surface area contributed by atoms with Crippen LogP contribution in [0.2, 0.25) is 0 Å². The molecule has 4 unspecified atom stereocenters. The van der Waals surface area contributed by atoms with Crippen LogP contribution in [-0.4, -0.2) is 52.3 Å². The van der Waals surface area contributed by atoms with Gasteiger partial charge in [-0.25, -0.2) is 4.79 Å². The number of carbonyl (C=O) groups excluding carboxylic acids is 1. The zero-order valence-corrected chi connectivity index (χ0v) is 12.6. The van der Waals surface area contributed by atoms with Crippen molar-refractivity contribution in [2.45, 2.75) is 57.6 Å². The van der Waals surface area contributed by atoms with Gasteiger partial charge in [-0.3, -0.25) is 4.79 Å². The first kappa shape index (κ1) is 16.1. The molecular weight excluding hydrogens is 272 g/mol. The molecule has 0 bridgehead atoms. The number of nitrogens with zero attached hydrogens (tertiary/aromatic N) is 1. The Morgan fingerprint density at radius 1 is 1.14 bits per heavy atom. The summed E-state index contributed by atoms with van der Waals surface area (Å²) in [7, 11) is 0. The molecule has 120 valence electrons. The molecule has 4 atom stereocenters. The Bertz CT molecular complexity index is 388. The van der Waals surface area contributed by atoms with Crippen LogP contribution in [0.3, 0.4) is 0 Å². The van der Waals surface area contributed by atoms with Gasteiger partial charge < -0.3 is 20.4 Å². The highest BCUT2D eigenvalue weighted by Gasteiger charge is 2.33. The van der Waals surface area contributed by atoms with Gasteiger partial charge in [-0.05, 0) is 25.2 Å². The van der Waals surface area contributed by atoms with Gasteiger partial charge in [0, 0.05) is 19.1 Å². The van der Waals surface area contributed by atoms with E-state index in [1.54, 1.807) is 4.90 Å². The maximum Gasteiger partial charge on any atom is 0.317 e. The normalized spacial score (nSPS) is 34.1. The van der Waals surface area contributed by atoms with Crippen molar-refractivity contribution in [3.05, 3.63) is 0 Å². The number of likely N-dealkylation sites (tertiary alicyclic amines) is 1. The lowest BCUT2D eigenvalue weighted by atomic mass is 9.94. The van der Waals surface area contributed by atoms with E-state index in [1.165, 1.54) is 0 Å². The predicted molar refractivity (Wildman–Crippen MR) is 77.9 cm³/mol. The van der Waals surface area contributed by atoms with E-state index in [-0.39, 0.29) is 24.1 Å². The second kappa shape index (κ2) is 7.11. The quantitative estimate of drug-likeness (QED) is 0.673. The van der Waals surface area contributed by atoms with Gasteiger partial charge in [0.1, 0.15) is 0 Å². The molecule has 2 amide bonds. The van der Waals surface area contributed by atoms with E-state index in [1.807, 2.05) is 6.92 Å². The molecule has 0 radical (unpaired) electrons. The minimum absolute atomic E-state index is 0.0638. The number of hydrogen-bond donors (Lipinski definition) is 3. The molecule has 6 nitrogen and oxygen atoms in total. The highest BCUT2D eigenvalue weighted by Crippen LogP contribution is 2.24. The second-order valence-corrected chi connectivity index (χ2v) is 6.42. The molecule has 1 heterocycles. The van der Waals surface area contributed by atoms with E-state index < -0.39 is 11.9 Å². The monoisotopic (exact) mass is 298 g/mol. The van der Waals surface area contributed by atoms with Crippen LogP contribution in [0.15, 0.2) is 0 Å². The third-order valence-electron chi connectivity index (χ3n) is 4.79. The number of hydrogen-bond acceptors (Lipinski definition) is 3. The molecule has 0 aromatic heterocycles. The Kier molecular flexibility index (Phi) is 5.45. The molecule has 1 aliphatic heterocycles. The fraction of sp³-hybridized carbons (Fsp3) is 0.867. The smallest absolute Gasteiger partial charge is 0.317 e. The van der Waals surface area contributed by atoms with E-state index in [2.05, 4.69) is 5.32 Å². The number of carbonyl (C=O) groups is 2. The van der Waals surface area contributed by atoms with Crippen LogP contribution < -0.4 is 5.32 Å². The summed E-state index contributed by atoms with van der Waals surface area (Å²) in [6.07, 6.45) is 4.51. The maximum absolute atomic E-state index is 12.3. The molecule has 2 rings (SSSR count). The minimum atomic E-state index is -0.815. The third kappa shape index (κ3) is 4.09. The average molecular weight is 298 g/mol. The Morgan fingerprint density at radius 2 is 1.86 bits per heavy atom. The largest absolute Gasteiger partial charge is 0.481 e. The number of piperidine rings is 1. The Labute approximate surface area is 125 Å². The number of aliphatic carboxylic acids is 1. The average Bonchev–Trinajstić information content (AvgIpc) is 2.67. The predicted octanol–water partition coefficient (Wildman–Crippen LogP) is 1.43. The first-order valence-electron chi connectivity index (χ1n) is 7.95. The van der Waals surface area contributed by atoms with E-state index in [4.69, 9.17) is 0 Å². The number of nitrogens with one attached hydrogen (secondary N) is 1. The van der Waals surface area contributed by atoms with Crippen LogP contribution in [0.25, 0.3) is 0 Å². The summed E-state index contributed by atoms with van der Waals surface area (Å²) in [6.45, 7) is 2.98. The first-order valence-corrected chi connectivity index (χ1v) is 7.95. The summed E-state index contributed by atoms with van der Waals surface area (Å²) in [5, 5.41) is 22.0. The SMILES string of the molecule is CC1CN(C(=O)NC2CCCCCC2C(=O)O)CCC1O. The van der Waals surface area contributed by atoms with Crippen molar-refractivity contribution < 1.29 is 19.8 Å². The van der Waals surface area contributed by atoms with E-state index >= 15 is 0 Å². The molecular formula is C15H26N2O4. The van der Waals surface area contributed by atoms with Crippen LogP contribution in [0.5, 0.6) is 0 Å². The minimum Gasteiger partial charge on any atom is -0.481 e. The summed E-state index contributed by atoms with van der Waals surface area (Å²) in [5.41, 5.74) is 0. The van der Waals surface area contributed by atoms with Gasteiger partial charge in [0.25, 0.3) is 0 Å². The zero-order valence-electron chi connectivity index (χ0n) is 12.6. The lowest BCUT2D eigenvalue weighted by Crippen LogP contribution is -2.53. The van der Waals surface area contributed by atoms with Crippen LogP contribution in [0, 0.1) is 11.8 Å². The summed E-state index contributed by atoms with van der Waals surface area (Å²) in [5.74, 6) is -1.23. The van der Waals surface area contributed by atoms with Crippen molar-refractivity contribution in [1.82, 2.24) is 10.2 Å². The maximum atomic E-state index is 12.3. The molecule has 6 heteroatoms. The number of aliphatic hydroxyl groups excluding tert-OH is 1. The van der Waals surface area contributed by atoms with Crippen LogP contribution in [-0.2, 0) is 4.79 Å². The number of carboxylic acid groups (broad SMARTS) is 1. The van der Waals surface area contributed by atoms with Gasteiger partial charge in [0.05, 0.1) is 12.0 Å². The van der Waals surface area contributed by atoms with E-state index in [0.717, 1.165) is 25.7 Å². The van der Waals surface area contributed by atoms with Crippen molar-refractivity contribution in [3.8, 4) is 0 Å². The molecule has 1 saturated heterocycles. The van der Waals surface area contributed by atoms with E-state index in [0.29, 0.717) is 25.9 Å². The van der Waals surface area contributed by atoms with Crippen molar-refractivity contribution in [1.29, 1.82) is 0 Å². The van der Waals surface area contributed by atoms with Gasteiger partial charge >= 0.3 is 12.0 Å². The topological polar surface area (TPSA) is 89.9 Å². The number of urea groups is 1. The molecule has 2 aliphatic rings. The van der Waals surface area contributed by atoms with Crippen molar-refractivity contribution in [2.75, 3.05) is 13.1 Å². The molecule has 3 N–H and O–H groups in total. The lowest BCUT2D eigenvalue weighted by molar-refractivity contribution is -0.142. The highest BCUT2D eigenvalue weighted by molar-refractivity contribution is 5.77. The van der Waals surface area contributed by atoms with E-state index in [9.17, 15) is 19.8 Å². The lowest BCUT2D eigenvalue weighted by Gasteiger charge is -2.35. The fourth-order valence-electron chi connectivity index (χ4n) is 3.34. The number of carboxylic acids is 1. The number of amides is 2. The third-order valence-corrected chi connectivity index (χ3v) is 4.79. The summed E-state index contributed by atoms with van der Waals surface area (Å²) < 4.78 is 0. The summed E-state index contributed by atoms with van der Waals surface area (Å²) >= 11 is 0. The van der Waals surface area contributed by atoms with Gasteiger partial charge in [-0.1, -0.05) is 26.2 Å². The highest BCUT2D eigenvalue weighted by atomic mass is 16.4. The molecule has 1 saturated carbocycles. The van der Waals surface area contributed by atoms with Crippen molar-refractivity contribution >= 4 is 12.0 Å². The van der Waals surface area contributed by atoms with Crippen molar-refractivity contribution in [2.24, 2.45) is 11.8 Å². The number of aliphatic hydroxyl groups is 1. The molecule has 1 aliphatic carbocycles. The Hall–Kier alpha value is -1.30. The Morgan fingerprint density at radius 3 is 2.52 bits per heavy atom. The Balaban J connectivity index is 1.95. The fourth-order valence-corrected chi connectivity index (χ4v) is 3.34. The van der Waals surface area contributed by atoms with Crippen LogP contribution >= 0.6 is 0 Å². The molecule has 0 aromatic carbocycles. The van der Waals surface area contributed by atoms with Gasteiger partial charge in [-0.15, -0.1) is 0 Å². The van der Waals surface area contributed by atoms with Crippen LogP contribution in [0.1, 0.15) is 45.4 Å². The van der Waals surface area contributed by atoms with Crippen LogP contribution in [0.4, 0.5) is 4.79 Å². The standard InChI is InChI=1S/C15H26N2O4/c1-10-9-17(8-7-13(10)18)15(21)16-12-6-4-2-3-5-11(12)14(19)20/h10-13,18H,2-9H2,1H3,(H,16,21)(H,19,20). The van der Waals surface area contributed by atoms with Gasteiger partial charge in [-0.2, -0.15) is 0 Å². The summed E-state index contributed by atoms with van der Waals surface area (Å²) in [4.78, 5) is 25.4. The molecule has 0 aromatic rings. The van der Waals surface area contributed by atoms with Gasteiger partial charge in [0.2, 0.25) is 0 Å². The molecule has 2 fully saturated rings. The van der Waals surface area contributed by atoms with Crippen molar-refractivity contribution in [3.63, 3.8) is 0 Å². The van der Waals surface area contributed by atoms with Gasteiger partial charge in [0.15, 0.2) is 0 Å². The molecule has 21 heavy (non-hydrogen) atoms. The second-order valence-electron chi connectivity index (χ2n) is 6.42. The molecule has 0 spiro atoms. The summed E-state index contributed by atoms with van der Waals surface area (Å²) in [6, 6.07) is -0.466.